The van der Waals surface area contributed by atoms with E-state index in [9.17, 15) is 9.59 Å². The van der Waals surface area contributed by atoms with Gasteiger partial charge in [0.15, 0.2) is 0 Å². The van der Waals surface area contributed by atoms with Crippen LogP contribution in [-0.4, -0.2) is 57.9 Å². The van der Waals surface area contributed by atoms with Crippen molar-refractivity contribution in [3.05, 3.63) is 0 Å². The molecule has 0 saturated heterocycles. The molecule has 0 radical (unpaired) electrons. The molecule has 0 aromatic heterocycles. The van der Waals surface area contributed by atoms with Crippen LogP contribution in [0.15, 0.2) is 0 Å². The number of unbranched alkanes of at least 4 members (excludes halogenated alkanes) is 3. The van der Waals surface area contributed by atoms with Gasteiger partial charge >= 0.3 is 0 Å². The standard InChI is InChI=1S/C17H33NO5.H2/c1-3-4-5-6-7-17(20)18-9-11-22-13-15-23-14-12-21-10-8-16(2)19;/h3-15H2,1-2H3,(H,18,20);1H. The lowest BCUT2D eigenvalue weighted by Crippen LogP contribution is -2.27. The molecule has 0 saturated carbocycles. The molecule has 0 atom stereocenters. The summed E-state index contributed by atoms with van der Waals surface area (Å²) in [5.41, 5.74) is 0. The third-order valence-electron chi connectivity index (χ3n) is 3.17. The second kappa shape index (κ2) is 17.4. The molecule has 0 aliphatic carbocycles. The first-order chi connectivity index (χ1) is 11.2. The van der Waals surface area contributed by atoms with Crippen molar-refractivity contribution >= 4 is 11.7 Å². The van der Waals surface area contributed by atoms with Crippen LogP contribution >= 0.6 is 0 Å². The molecule has 1 N–H and O–H groups in total. The number of hydrogen-bond acceptors (Lipinski definition) is 5. The van der Waals surface area contributed by atoms with Gasteiger partial charge in [-0.15, -0.1) is 0 Å². The lowest BCUT2D eigenvalue weighted by molar-refractivity contribution is -0.121. The molecular formula is C17H35NO5. The van der Waals surface area contributed by atoms with Crippen molar-refractivity contribution in [3.8, 4) is 0 Å². The second-order valence-corrected chi connectivity index (χ2v) is 5.45. The maximum absolute atomic E-state index is 11.5. The molecule has 1 amide bonds. The van der Waals surface area contributed by atoms with Gasteiger partial charge in [0.2, 0.25) is 5.91 Å². The first kappa shape index (κ1) is 22.0. The van der Waals surface area contributed by atoms with Crippen LogP contribution in [0.1, 0.15) is 53.8 Å². The maximum Gasteiger partial charge on any atom is 0.220 e. The average molecular weight is 333 g/mol. The van der Waals surface area contributed by atoms with Gasteiger partial charge in [0.05, 0.1) is 39.6 Å². The Morgan fingerprint density at radius 3 is 2.04 bits per heavy atom. The minimum absolute atomic E-state index is 0. The number of nitrogens with one attached hydrogen (secondary N) is 1. The molecular weight excluding hydrogens is 298 g/mol. The van der Waals surface area contributed by atoms with Gasteiger partial charge < -0.3 is 19.5 Å². The van der Waals surface area contributed by atoms with Gasteiger partial charge in [-0.3, -0.25) is 9.59 Å². The monoisotopic (exact) mass is 333 g/mol. The Kier molecular flexibility index (Phi) is 16.6. The van der Waals surface area contributed by atoms with Crippen LogP contribution in [0.3, 0.4) is 0 Å². The van der Waals surface area contributed by atoms with Gasteiger partial charge in [-0.05, 0) is 13.3 Å². The molecule has 0 aliphatic heterocycles. The van der Waals surface area contributed by atoms with E-state index in [1.165, 1.54) is 12.8 Å². The number of ether oxygens (including phenoxy) is 3. The van der Waals surface area contributed by atoms with Crippen LogP contribution in [0.5, 0.6) is 0 Å². The molecule has 0 fully saturated rings. The maximum atomic E-state index is 11.5. The Hall–Kier alpha value is -0.980. The molecule has 23 heavy (non-hydrogen) atoms. The summed E-state index contributed by atoms with van der Waals surface area (Å²) >= 11 is 0. The van der Waals surface area contributed by atoms with Crippen LogP contribution in [0.25, 0.3) is 0 Å². The van der Waals surface area contributed by atoms with Crippen molar-refractivity contribution in [2.75, 3.05) is 46.2 Å². The van der Waals surface area contributed by atoms with E-state index in [2.05, 4.69) is 12.2 Å². The molecule has 0 aliphatic rings. The van der Waals surface area contributed by atoms with Crippen LogP contribution in [0.4, 0.5) is 0 Å². The predicted molar refractivity (Wildman–Crippen MR) is 91.6 cm³/mol. The number of amides is 1. The molecule has 0 heterocycles. The van der Waals surface area contributed by atoms with Crippen molar-refractivity contribution in [3.63, 3.8) is 0 Å². The Morgan fingerprint density at radius 1 is 0.826 bits per heavy atom. The van der Waals surface area contributed by atoms with Gasteiger partial charge in [-0.2, -0.15) is 0 Å². The number of ketones is 1. The number of hydrogen-bond donors (Lipinski definition) is 1. The largest absolute Gasteiger partial charge is 0.379 e. The first-order valence-corrected chi connectivity index (χ1v) is 8.66. The zero-order valence-electron chi connectivity index (χ0n) is 14.7. The van der Waals surface area contributed by atoms with Crippen molar-refractivity contribution in [2.45, 2.75) is 52.4 Å². The Bertz CT molecular complexity index is 303. The second-order valence-electron chi connectivity index (χ2n) is 5.45. The third-order valence-corrected chi connectivity index (χ3v) is 3.17. The minimum Gasteiger partial charge on any atom is -0.379 e. The van der Waals surface area contributed by atoms with Crippen molar-refractivity contribution < 1.29 is 25.2 Å². The van der Waals surface area contributed by atoms with Gasteiger partial charge in [-0.25, -0.2) is 0 Å². The fraction of sp³-hybridized carbons (Fsp3) is 0.882. The number of Topliss-reactive ketones (excluding diaryl/α,β-unsaturated/α-hetero) is 1. The highest BCUT2D eigenvalue weighted by Gasteiger charge is 2.00. The summed E-state index contributed by atoms with van der Waals surface area (Å²) in [4.78, 5) is 22.2. The summed E-state index contributed by atoms with van der Waals surface area (Å²) in [6, 6.07) is 0. The smallest absolute Gasteiger partial charge is 0.220 e. The summed E-state index contributed by atoms with van der Waals surface area (Å²) < 4.78 is 15.9. The highest BCUT2D eigenvalue weighted by Crippen LogP contribution is 2.01. The van der Waals surface area contributed by atoms with Gasteiger partial charge in [0.1, 0.15) is 5.78 Å². The van der Waals surface area contributed by atoms with E-state index in [1.54, 1.807) is 6.92 Å². The highest BCUT2D eigenvalue weighted by atomic mass is 16.5. The van der Waals surface area contributed by atoms with Crippen LogP contribution in [-0.2, 0) is 23.8 Å². The van der Waals surface area contributed by atoms with Gasteiger partial charge in [-0.1, -0.05) is 26.2 Å². The summed E-state index contributed by atoms with van der Waals surface area (Å²) in [6.45, 7) is 7.18. The molecule has 0 rings (SSSR count). The van der Waals surface area contributed by atoms with Gasteiger partial charge in [0, 0.05) is 20.8 Å². The minimum atomic E-state index is 0. The number of carbonyl (C=O) groups is 2. The molecule has 0 spiro atoms. The fourth-order valence-corrected chi connectivity index (χ4v) is 1.82. The fourth-order valence-electron chi connectivity index (χ4n) is 1.82. The summed E-state index contributed by atoms with van der Waals surface area (Å²) in [7, 11) is 0. The zero-order valence-corrected chi connectivity index (χ0v) is 14.7. The van der Waals surface area contributed by atoms with E-state index in [0.29, 0.717) is 59.0 Å². The van der Waals surface area contributed by atoms with E-state index in [-0.39, 0.29) is 13.1 Å². The normalized spacial score (nSPS) is 10.7. The highest BCUT2D eigenvalue weighted by molar-refractivity contribution is 5.75. The Morgan fingerprint density at radius 2 is 1.43 bits per heavy atom. The first-order valence-electron chi connectivity index (χ1n) is 8.66. The van der Waals surface area contributed by atoms with Crippen LogP contribution < -0.4 is 5.32 Å². The summed E-state index contributed by atoms with van der Waals surface area (Å²) in [6.07, 6.45) is 5.51. The lowest BCUT2D eigenvalue weighted by Gasteiger charge is -2.07. The molecule has 138 valence electrons. The molecule has 6 nitrogen and oxygen atoms in total. The molecule has 0 aromatic rings. The average Bonchev–Trinajstić information content (AvgIpc) is 2.52. The topological polar surface area (TPSA) is 73.9 Å². The van der Waals surface area contributed by atoms with E-state index < -0.39 is 0 Å². The van der Waals surface area contributed by atoms with Crippen molar-refractivity contribution in [1.82, 2.24) is 5.32 Å². The van der Waals surface area contributed by atoms with Crippen LogP contribution in [0, 0.1) is 0 Å². The van der Waals surface area contributed by atoms with Crippen LogP contribution in [0.2, 0.25) is 0 Å². The van der Waals surface area contributed by atoms with Gasteiger partial charge in [0.25, 0.3) is 0 Å². The molecule has 6 heteroatoms. The third kappa shape index (κ3) is 19.0. The molecule has 0 bridgehead atoms. The van der Waals surface area contributed by atoms with E-state index in [0.717, 1.165) is 12.8 Å². The number of rotatable bonds is 17. The van der Waals surface area contributed by atoms with Crippen molar-refractivity contribution in [2.24, 2.45) is 0 Å². The Balaban J connectivity index is 0. The predicted octanol–water partition coefficient (Wildman–Crippen LogP) is 2.35. The number of carbonyl (C=O) groups excluding carboxylic acids is 2. The van der Waals surface area contributed by atoms with E-state index >= 15 is 0 Å². The zero-order chi connectivity index (χ0) is 17.2. The quantitative estimate of drug-likeness (QED) is 0.414. The Labute approximate surface area is 141 Å². The van der Waals surface area contributed by atoms with E-state index in [4.69, 9.17) is 14.2 Å². The molecule has 0 unspecified atom stereocenters. The molecule has 0 aromatic carbocycles. The van der Waals surface area contributed by atoms with Crippen molar-refractivity contribution in [1.29, 1.82) is 0 Å². The summed E-state index contributed by atoms with van der Waals surface area (Å²) in [5.74, 6) is 0.232. The SMILES string of the molecule is CCCCCCC(=O)NCCOCCOCCOCCC(C)=O.[HH]. The lowest BCUT2D eigenvalue weighted by atomic mass is 10.1. The van der Waals surface area contributed by atoms with E-state index in [1.807, 2.05) is 0 Å². The summed E-state index contributed by atoms with van der Waals surface area (Å²) in [5, 5.41) is 2.84.